The molecule has 0 saturated carbocycles. The first-order valence-electron chi connectivity index (χ1n) is 5.23. The third kappa shape index (κ3) is 3.31. The second kappa shape index (κ2) is 6.18. The van der Waals surface area contributed by atoms with E-state index in [2.05, 4.69) is 11.8 Å². The van der Waals surface area contributed by atoms with Crippen LogP contribution in [0.15, 0.2) is 36.4 Å². The third-order valence-corrected chi connectivity index (χ3v) is 2.46. The van der Waals surface area contributed by atoms with Crippen LogP contribution in [-0.2, 0) is 16.1 Å². The number of amides is 2. The summed E-state index contributed by atoms with van der Waals surface area (Å²) >= 11 is 0. The monoisotopic (exact) mass is 252 g/mol. The fraction of sp³-hybridized carbons (Fsp3) is 0.133. The molecule has 4 nitrogen and oxygen atoms in total. The van der Waals surface area contributed by atoms with Gasteiger partial charge in [0.25, 0.3) is 11.8 Å². The first-order chi connectivity index (χ1) is 8.70. The summed E-state index contributed by atoms with van der Waals surface area (Å²) in [6.07, 6.45) is 2.52. The quantitative estimate of drug-likeness (QED) is 0.593. The number of hydrogen-bond acceptors (Lipinski definition) is 3. The lowest BCUT2D eigenvalue weighted by Gasteiger charge is -2.13. The van der Waals surface area contributed by atoms with Crippen molar-refractivity contribution in [3.8, 4) is 17.9 Å². The zero-order valence-electron chi connectivity index (χ0n) is 9.38. The van der Waals surface area contributed by atoms with Gasteiger partial charge >= 0.3 is 0 Å². The molecule has 0 aromatic heterocycles. The molecule has 1 aliphatic rings. The van der Waals surface area contributed by atoms with Crippen molar-refractivity contribution in [3.63, 3.8) is 0 Å². The summed E-state index contributed by atoms with van der Waals surface area (Å²) in [6, 6.07) is 8.79. The minimum Gasteiger partial charge on any atom is -0.271 e. The molecular weight excluding hydrogens is 240 g/mol. The fourth-order valence-corrected chi connectivity index (χ4v) is 1.56. The molecule has 0 fully saturated rings. The van der Waals surface area contributed by atoms with Gasteiger partial charge in [-0.1, -0.05) is 25.5 Å². The Morgan fingerprint density at radius 3 is 2.16 bits per heavy atom. The van der Waals surface area contributed by atoms with Gasteiger partial charge in [-0.3, -0.25) is 14.5 Å². The van der Waals surface area contributed by atoms with E-state index >= 15 is 0 Å². The number of carbonyl (C=O) groups excluding carboxylic acids is 2. The zero-order valence-corrected chi connectivity index (χ0v) is 9.38. The van der Waals surface area contributed by atoms with E-state index in [1.165, 1.54) is 12.2 Å². The molecule has 0 saturated heterocycles. The Hall–Kier alpha value is -2.85. The first-order valence-corrected chi connectivity index (χ1v) is 5.23. The summed E-state index contributed by atoms with van der Waals surface area (Å²) in [5.74, 6) is 4.36. The Morgan fingerprint density at radius 1 is 1.05 bits per heavy atom. The molecule has 0 radical (unpaired) electrons. The molecule has 1 aromatic carbocycles. The van der Waals surface area contributed by atoms with Crippen molar-refractivity contribution in [2.75, 3.05) is 0 Å². The molecule has 0 spiro atoms. The lowest BCUT2D eigenvalue weighted by atomic mass is 10.1. The molecule has 4 heteroatoms. The summed E-state index contributed by atoms with van der Waals surface area (Å²) in [5.41, 5.74) is 1.56. The second-order valence-electron chi connectivity index (χ2n) is 3.65. The molecular formula is C15H12N2O2. The predicted octanol–water partition coefficient (Wildman–Crippen LogP) is 1.62. The molecule has 0 aliphatic carbocycles. The van der Waals surface area contributed by atoms with Crippen LogP contribution in [0.1, 0.15) is 18.6 Å². The van der Waals surface area contributed by atoms with Gasteiger partial charge in [0.15, 0.2) is 6.07 Å². The van der Waals surface area contributed by atoms with Gasteiger partial charge in [-0.25, -0.2) is 0 Å². The second-order valence-corrected chi connectivity index (χ2v) is 3.65. The van der Waals surface area contributed by atoms with Crippen molar-refractivity contribution in [2.24, 2.45) is 0 Å². The van der Waals surface area contributed by atoms with Gasteiger partial charge in [0.2, 0.25) is 0 Å². The maximum absolute atomic E-state index is 11.4. The number of nitrogens with zero attached hydrogens (tertiary/aromatic N) is 2. The zero-order chi connectivity index (χ0) is 13.0. The SMILES string of the molecule is C.N#CC#Cc1ccc(CN2C(=O)C=CC2=O)cc1. The molecule has 19 heavy (non-hydrogen) atoms. The van der Waals surface area contributed by atoms with Crippen LogP contribution < -0.4 is 0 Å². The summed E-state index contributed by atoms with van der Waals surface area (Å²) in [5, 5.41) is 8.32. The van der Waals surface area contributed by atoms with Crippen molar-refractivity contribution < 1.29 is 9.59 Å². The number of nitriles is 1. The van der Waals surface area contributed by atoms with E-state index in [-0.39, 0.29) is 25.8 Å². The van der Waals surface area contributed by atoms with E-state index in [9.17, 15) is 9.59 Å². The molecule has 1 heterocycles. The minimum atomic E-state index is -0.298. The first kappa shape index (κ1) is 14.2. The summed E-state index contributed by atoms with van der Waals surface area (Å²) in [7, 11) is 0. The highest BCUT2D eigenvalue weighted by Crippen LogP contribution is 2.11. The van der Waals surface area contributed by atoms with Gasteiger partial charge < -0.3 is 0 Å². The molecule has 0 unspecified atom stereocenters. The number of rotatable bonds is 2. The van der Waals surface area contributed by atoms with Crippen molar-refractivity contribution >= 4 is 11.8 Å². The smallest absolute Gasteiger partial charge is 0.253 e. The standard InChI is InChI=1S/C14H8N2O2.CH4/c15-9-1-2-11-3-5-12(6-4-11)10-16-13(17)7-8-14(16)18;/h3-8H,10H2;1H4. The van der Waals surface area contributed by atoms with Gasteiger partial charge in [0.1, 0.15) is 0 Å². The van der Waals surface area contributed by atoms with Crippen molar-refractivity contribution in [3.05, 3.63) is 47.5 Å². The van der Waals surface area contributed by atoms with Crippen molar-refractivity contribution in [1.82, 2.24) is 4.90 Å². The van der Waals surface area contributed by atoms with Crippen LogP contribution in [0.25, 0.3) is 0 Å². The number of imide groups is 1. The van der Waals surface area contributed by atoms with E-state index in [0.717, 1.165) is 16.0 Å². The van der Waals surface area contributed by atoms with Crippen molar-refractivity contribution in [1.29, 1.82) is 5.26 Å². The maximum atomic E-state index is 11.4. The largest absolute Gasteiger partial charge is 0.271 e. The van der Waals surface area contributed by atoms with Crippen LogP contribution in [0.5, 0.6) is 0 Å². The number of benzene rings is 1. The highest BCUT2D eigenvalue weighted by Gasteiger charge is 2.22. The third-order valence-electron chi connectivity index (χ3n) is 2.46. The molecule has 94 valence electrons. The molecule has 2 amide bonds. The Kier molecular flexibility index (Phi) is 4.62. The van der Waals surface area contributed by atoms with Crippen LogP contribution in [-0.4, -0.2) is 16.7 Å². The highest BCUT2D eigenvalue weighted by molar-refractivity contribution is 6.12. The van der Waals surface area contributed by atoms with E-state index < -0.39 is 0 Å². The number of hydrogen-bond donors (Lipinski definition) is 0. The van der Waals surface area contributed by atoms with Crippen LogP contribution in [0.4, 0.5) is 0 Å². The Bertz CT molecular complexity index is 607. The van der Waals surface area contributed by atoms with Crippen LogP contribution in [0.3, 0.4) is 0 Å². The highest BCUT2D eigenvalue weighted by atomic mass is 16.2. The average Bonchev–Trinajstić information content (AvgIpc) is 2.70. The Morgan fingerprint density at radius 2 is 1.63 bits per heavy atom. The van der Waals surface area contributed by atoms with Crippen LogP contribution in [0, 0.1) is 23.2 Å². The van der Waals surface area contributed by atoms with E-state index in [1.54, 1.807) is 30.3 Å². The summed E-state index contributed by atoms with van der Waals surface area (Å²) < 4.78 is 0. The van der Waals surface area contributed by atoms with E-state index in [1.807, 2.05) is 0 Å². The topological polar surface area (TPSA) is 61.2 Å². The fourth-order valence-electron chi connectivity index (χ4n) is 1.56. The Labute approximate surface area is 112 Å². The number of carbonyl (C=O) groups is 2. The molecule has 0 atom stereocenters. The van der Waals surface area contributed by atoms with Gasteiger partial charge in [-0.15, -0.1) is 0 Å². The summed E-state index contributed by atoms with van der Waals surface area (Å²) in [6.45, 7) is 0.247. The average molecular weight is 252 g/mol. The van der Waals surface area contributed by atoms with Gasteiger partial charge in [-0.2, -0.15) is 5.26 Å². The molecule has 1 aromatic rings. The molecule has 1 aliphatic heterocycles. The lowest BCUT2D eigenvalue weighted by molar-refractivity contribution is -0.137. The normalized spacial score (nSPS) is 12.5. The van der Waals surface area contributed by atoms with Crippen LogP contribution in [0.2, 0.25) is 0 Å². The summed E-state index contributed by atoms with van der Waals surface area (Å²) in [4.78, 5) is 23.9. The van der Waals surface area contributed by atoms with Crippen LogP contribution >= 0.6 is 0 Å². The lowest BCUT2D eigenvalue weighted by Crippen LogP contribution is -2.29. The van der Waals surface area contributed by atoms with E-state index in [0.29, 0.717) is 0 Å². The minimum absolute atomic E-state index is 0. The van der Waals surface area contributed by atoms with E-state index in [4.69, 9.17) is 5.26 Å². The molecule has 0 bridgehead atoms. The molecule has 0 N–H and O–H groups in total. The van der Waals surface area contributed by atoms with Gasteiger partial charge in [-0.05, 0) is 17.7 Å². The van der Waals surface area contributed by atoms with Gasteiger partial charge in [0.05, 0.1) is 6.54 Å². The van der Waals surface area contributed by atoms with Gasteiger partial charge in [0, 0.05) is 23.6 Å². The Balaban J connectivity index is 0.00000180. The predicted molar refractivity (Wildman–Crippen MR) is 70.4 cm³/mol. The van der Waals surface area contributed by atoms with Crippen molar-refractivity contribution in [2.45, 2.75) is 14.0 Å². The maximum Gasteiger partial charge on any atom is 0.253 e. The molecule has 2 rings (SSSR count).